The largest absolute Gasteiger partial charge is 0.484 e. The first-order chi connectivity index (χ1) is 13.9. The lowest BCUT2D eigenvalue weighted by atomic mass is 10.1. The molecule has 0 aliphatic rings. The number of halogens is 3. The van der Waals surface area contributed by atoms with Crippen molar-refractivity contribution in [1.29, 1.82) is 0 Å². The van der Waals surface area contributed by atoms with Crippen LogP contribution in [0.25, 0.3) is 0 Å². The summed E-state index contributed by atoms with van der Waals surface area (Å²) in [6.07, 6.45) is 0.442. The Balaban J connectivity index is 2.25. The third-order valence-corrected chi connectivity index (χ3v) is 5.54. The number of benzene rings is 2. The Morgan fingerprint density at radius 2 is 1.72 bits per heavy atom. The maximum atomic E-state index is 13.0. The average molecular weight is 502 g/mol. The van der Waals surface area contributed by atoms with Crippen molar-refractivity contribution in [2.45, 2.75) is 32.9 Å². The quantitative estimate of drug-likeness (QED) is 0.521. The van der Waals surface area contributed by atoms with E-state index in [-0.39, 0.29) is 25.0 Å². The molecule has 1 atom stereocenters. The van der Waals surface area contributed by atoms with Crippen LogP contribution in [0.1, 0.15) is 25.8 Å². The van der Waals surface area contributed by atoms with Crippen molar-refractivity contribution in [2.75, 3.05) is 13.2 Å². The number of ether oxygens (including phenoxy) is 1. The molecule has 0 heterocycles. The SMILES string of the molecule is CCNC(=O)[C@H](CC)N(Cc1c(Cl)cccc1Cl)C(=O)COc1ccc(Br)cc1. The molecule has 8 heteroatoms. The number of nitrogens with zero attached hydrogens (tertiary/aromatic N) is 1. The van der Waals surface area contributed by atoms with Gasteiger partial charge in [0.2, 0.25) is 5.91 Å². The molecule has 0 bridgehead atoms. The number of rotatable bonds is 9. The number of amides is 2. The summed E-state index contributed by atoms with van der Waals surface area (Å²) in [7, 11) is 0. The number of hydrogen-bond acceptors (Lipinski definition) is 3. The Labute approximate surface area is 189 Å². The Morgan fingerprint density at radius 3 is 2.28 bits per heavy atom. The molecule has 0 spiro atoms. The van der Waals surface area contributed by atoms with Crippen molar-refractivity contribution < 1.29 is 14.3 Å². The van der Waals surface area contributed by atoms with E-state index >= 15 is 0 Å². The van der Waals surface area contributed by atoms with Crippen molar-refractivity contribution in [3.05, 3.63) is 62.5 Å². The Hall–Kier alpha value is -1.76. The number of carbonyl (C=O) groups excluding carboxylic acids is 2. The Morgan fingerprint density at radius 1 is 1.10 bits per heavy atom. The molecule has 2 aromatic carbocycles. The zero-order valence-corrected chi connectivity index (χ0v) is 19.4. The highest BCUT2D eigenvalue weighted by Crippen LogP contribution is 2.27. The van der Waals surface area contributed by atoms with Crippen LogP contribution < -0.4 is 10.1 Å². The Bertz CT molecular complexity index is 826. The minimum Gasteiger partial charge on any atom is -0.484 e. The standard InChI is InChI=1S/C21H23BrCl2N2O3/c1-3-19(21(28)25-4-2)26(12-16-17(23)6-5-7-18(16)24)20(27)13-29-15-10-8-14(22)9-11-15/h5-11,19H,3-4,12-13H2,1-2H3,(H,25,28)/t19-/m0/s1. The maximum Gasteiger partial charge on any atom is 0.261 e. The van der Waals surface area contributed by atoms with Gasteiger partial charge in [-0.05, 0) is 49.7 Å². The lowest BCUT2D eigenvalue weighted by Gasteiger charge is -2.31. The van der Waals surface area contributed by atoms with Crippen molar-refractivity contribution in [3.8, 4) is 5.75 Å². The van der Waals surface area contributed by atoms with E-state index in [0.29, 0.717) is 34.3 Å². The lowest BCUT2D eigenvalue weighted by molar-refractivity contribution is -0.142. The van der Waals surface area contributed by atoms with Gasteiger partial charge in [0, 0.05) is 33.2 Å². The first kappa shape index (κ1) is 23.5. The van der Waals surface area contributed by atoms with E-state index in [1.54, 1.807) is 30.3 Å². The molecule has 0 unspecified atom stereocenters. The summed E-state index contributed by atoms with van der Waals surface area (Å²) in [5.41, 5.74) is 0.593. The van der Waals surface area contributed by atoms with E-state index in [1.807, 2.05) is 26.0 Å². The molecule has 2 amide bonds. The minimum absolute atomic E-state index is 0.108. The fourth-order valence-corrected chi connectivity index (χ4v) is 3.61. The van der Waals surface area contributed by atoms with Gasteiger partial charge in [-0.1, -0.05) is 52.1 Å². The second kappa shape index (κ2) is 11.4. The topological polar surface area (TPSA) is 58.6 Å². The average Bonchev–Trinajstić information content (AvgIpc) is 2.69. The first-order valence-electron chi connectivity index (χ1n) is 9.25. The first-order valence-corrected chi connectivity index (χ1v) is 10.8. The van der Waals surface area contributed by atoms with E-state index in [9.17, 15) is 9.59 Å². The van der Waals surface area contributed by atoms with Gasteiger partial charge >= 0.3 is 0 Å². The van der Waals surface area contributed by atoms with E-state index in [1.165, 1.54) is 4.90 Å². The molecule has 0 saturated heterocycles. The number of nitrogens with one attached hydrogen (secondary N) is 1. The Kier molecular flexibility index (Phi) is 9.27. The molecule has 0 aromatic heterocycles. The molecular formula is C21H23BrCl2N2O3. The molecule has 0 aliphatic heterocycles. The molecular weight excluding hydrogens is 479 g/mol. The summed E-state index contributed by atoms with van der Waals surface area (Å²) in [6, 6.07) is 11.6. The second-order valence-electron chi connectivity index (χ2n) is 6.28. The van der Waals surface area contributed by atoms with Gasteiger partial charge in [0.05, 0.1) is 0 Å². The van der Waals surface area contributed by atoms with Gasteiger partial charge in [-0.25, -0.2) is 0 Å². The van der Waals surface area contributed by atoms with Gasteiger partial charge in [0.25, 0.3) is 5.91 Å². The van der Waals surface area contributed by atoms with Gasteiger partial charge in [0.15, 0.2) is 6.61 Å². The van der Waals surface area contributed by atoms with Crippen LogP contribution >= 0.6 is 39.1 Å². The van der Waals surface area contributed by atoms with E-state index < -0.39 is 6.04 Å². The van der Waals surface area contributed by atoms with Crippen LogP contribution in [0.5, 0.6) is 5.75 Å². The second-order valence-corrected chi connectivity index (χ2v) is 8.01. The highest BCUT2D eigenvalue weighted by atomic mass is 79.9. The van der Waals surface area contributed by atoms with Crippen LogP contribution in [0, 0.1) is 0 Å². The normalized spacial score (nSPS) is 11.6. The molecule has 2 aromatic rings. The van der Waals surface area contributed by atoms with Gasteiger partial charge in [-0.2, -0.15) is 0 Å². The molecule has 5 nitrogen and oxygen atoms in total. The maximum absolute atomic E-state index is 13.0. The van der Waals surface area contributed by atoms with Crippen LogP contribution in [-0.2, 0) is 16.1 Å². The number of hydrogen-bond donors (Lipinski definition) is 1. The van der Waals surface area contributed by atoms with Crippen LogP contribution in [0.2, 0.25) is 10.0 Å². The van der Waals surface area contributed by atoms with Gasteiger partial charge in [-0.3, -0.25) is 9.59 Å². The summed E-state index contributed by atoms with van der Waals surface area (Å²) < 4.78 is 6.54. The summed E-state index contributed by atoms with van der Waals surface area (Å²) in [5, 5.41) is 3.66. The van der Waals surface area contributed by atoms with E-state index in [2.05, 4.69) is 21.2 Å². The molecule has 0 fully saturated rings. The predicted molar refractivity (Wildman–Crippen MR) is 119 cm³/mol. The fraction of sp³-hybridized carbons (Fsp3) is 0.333. The van der Waals surface area contributed by atoms with Crippen LogP contribution in [-0.4, -0.2) is 35.9 Å². The molecule has 2 rings (SSSR count). The summed E-state index contributed by atoms with van der Waals surface area (Å²) in [5.74, 6) is 0.000472. The third kappa shape index (κ3) is 6.63. The minimum atomic E-state index is -0.664. The molecule has 1 N–H and O–H groups in total. The summed E-state index contributed by atoms with van der Waals surface area (Å²) in [6.45, 7) is 4.05. The van der Waals surface area contributed by atoms with E-state index in [0.717, 1.165) is 4.47 Å². The molecule has 0 saturated carbocycles. The van der Waals surface area contributed by atoms with Crippen LogP contribution in [0.4, 0.5) is 0 Å². The smallest absolute Gasteiger partial charge is 0.261 e. The lowest BCUT2D eigenvalue weighted by Crippen LogP contribution is -2.50. The third-order valence-electron chi connectivity index (χ3n) is 4.30. The monoisotopic (exact) mass is 500 g/mol. The zero-order chi connectivity index (χ0) is 21.4. The van der Waals surface area contributed by atoms with Crippen LogP contribution in [0.3, 0.4) is 0 Å². The molecule has 156 valence electrons. The number of carbonyl (C=O) groups is 2. The molecule has 29 heavy (non-hydrogen) atoms. The summed E-state index contributed by atoms with van der Waals surface area (Å²) >= 11 is 16.0. The van der Waals surface area contributed by atoms with Gasteiger partial charge in [0.1, 0.15) is 11.8 Å². The summed E-state index contributed by atoms with van der Waals surface area (Å²) in [4.78, 5) is 27.1. The highest BCUT2D eigenvalue weighted by molar-refractivity contribution is 9.10. The zero-order valence-electron chi connectivity index (χ0n) is 16.3. The predicted octanol–water partition coefficient (Wildman–Crippen LogP) is 5.08. The number of likely N-dealkylation sites (N-methyl/N-ethyl adjacent to an activating group) is 1. The highest BCUT2D eigenvalue weighted by Gasteiger charge is 2.29. The van der Waals surface area contributed by atoms with Gasteiger partial charge < -0.3 is 15.0 Å². The van der Waals surface area contributed by atoms with Crippen molar-refractivity contribution in [2.24, 2.45) is 0 Å². The van der Waals surface area contributed by atoms with E-state index in [4.69, 9.17) is 27.9 Å². The van der Waals surface area contributed by atoms with Crippen LogP contribution in [0.15, 0.2) is 46.9 Å². The molecule has 0 radical (unpaired) electrons. The van der Waals surface area contributed by atoms with Crippen molar-refractivity contribution in [3.63, 3.8) is 0 Å². The van der Waals surface area contributed by atoms with Crippen molar-refractivity contribution >= 4 is 50.9 Å². The van der Waals surface area contributed by atoms with Gasteiger partial charge in [-0.15, -0.1) is 0 Å². The molecule has 0 aliphatic carbocycles. The van der Waals surface area contributed by atoms with Crippen molar-refractivity contribution in [1.82, 2.24) is 10.2 Å². The fourth-order valence-electron chi connectivity index (χ4n) is 2.82.